The number of rotatable bonds is 3. The maximum Gasteiger partial charge on any atom is 0.221 e. The molecule has 126 valence electrons. The summed E-state index contributed by atoms with van der Waals surface area (Å²) in [6.45, 7) is 0. The van der Waals surface area contributed by atoms with Gasteiger partial charge in [-0.15, -0.1) is 0 Å². The molecule has 1 aromatic carbocycles. The summed E-state index contributed by atoms with van der Waals surface area (Å²) in [7, 11) is 1.56. The van der Waals surface area contributed by atoms with E-state index in [1.54, 1.807) is 7.11 Å². The van der Waals surface area contributed by atoms with E-state index in [4.69, 9.17) is 10.5 Å². The number of nitrogens with one attached hydrogen (secondary N) is 1. The van der Waals surface area contributed by atoms with Gasteiger partial charge in [-0.25, -0.2) is 9.97 Å². The molecule has 0 saturated carbocycles. The van der Waals surface area contributed by atoms with Gasteiger partial charge in [-0.3, -0.25) is 0 Å². The van der Waals surface area contributed by atoms with Gasteiger partial charge in [-0.1, -0.05) is 18.2 Å². The minimum absolute atomic E-state index is 0.177. The molecular formula is C20H15N5O. The topological polar surface area (TPSA) is 101 Å². The van der Waals surface area contributed by atoms with Crippen LogP contribution in [0.1, 0.15) is 5.56 Å². The van der Waals surface area contributed by atoms with E-state index in [2.05, 4.69) is 21.0 Å². The molecule has 3 N–H and O–H groups in total. The third kappa shape index (κ3) is 2.52. The van der Waals surface area contributed by atoms with E-state index >= 15 is 0 Å². The van der Waals surface area contributed by atoms with Crippen LogP contribution in [0.25, 0.3) is 33.3 Å². The van der Waals surface area contributed by atoms with Crippen molar-refractivity contribution in [1.29, 1.82) is 5.26 Å². The molecule has 0 aliphatic rings. The lowest BCUT2D eigenvalue weighted by Gasteiger charge is -2.13. The van der Waals surface area contributed by atoms with E-state index in [0.29, 0.717) is 28.3 Å². The summed E-state index contributed by atoms with van der Waals surface area (Å²) in [5.74, 6) is 0.613. The number of methoxy groups -OCH3 is 1. The van der Waals surface area contributed by atoms with E-state index in [0.717, 1.165) is 16.5 Å². The van der Waals surface area contributed by atoms with E-state index in [1.807, 2.05) is 54.9 Å². The molecule has 0 fully saturated rings. The number of fused-ring (bicyclic) bond motifs is 1. The van der Waals surface area contributed by atoms with Gasteiger partial charge >= 0.3 is 0 Å². The molecule has 3 heterocycles. The number of anilines is 1. The van der Waals surface area contributed by atoms with Crippen LogP contribution in [-0.2, 0) is 0 Å². The first-order chi connectivity index (χ1) is 12.7. The van der Waals surface area contributed by atoms with Crippen molar-refractivity contribution >= 4 is 16.7 Å². The molecule has 26 heavy (non-hydrogen) atoms. The Morgan fingerprint density at radius 2 is 1.96 bits per heavy atom. The van der Waals surface area contributed by atoms with Crippen molar-refractivity contribution in [3.8, 4) is 34.3 Å². The average molecular weight is 341 g/mol. The second kappa shape index (κ2) is 6.22. The number of nitrogens with zero attached hydrogens (tertiary/aromatic N) is 3. The Bertz CT molecular complexity index is 1140. The lowest BCUT2D eigenvalue weighted by molar-refractivity contribution is 0.401. The molecule has 6 heteroatoms. The Balaban J connectivity index is 2.03. The first-order valence-electron chi connectivity index (χ1n) is 7.99. The van der Waals surface area contributed by atoms with Crippen molar-refractivity contribution < 1.29 is 4.74 Å². The SMILES string of the molecule is COc1nc2ccccc2cc1-c1cc(-c2cc[nH]c2)nc(N)c1C#N. The zero-order valence-corrected chi connectivity index (χ0v) is 14.0. The van der Waals surface area contributed by atoms with Gasteiger partial charge in [-0.2, -0.15) is 5.26 Å². The van der Waals surface area contributed by atoms with Crippen molar-refractivity contribution in [3.63, 3.8) is 0 Å². The molecular weight excluding hydrogens is 326 g/mol. The number of pyridine rings is 2. The number of aromatic nitrogens is 3. The van der Waals surface area contributed by atoms with E-state index in [9.17, 15) is 5.26 Å². The molecule has 0 unspecified atom stereocenters. The van der Waals surface area contributed by atoms with Crippen molar-refractivity contribution in [1.82, 2.24) is 15.0 Å². The summed E-state index contributed by atoms with van der Waals surface area (Å²) < 4.78 is 5.49. The quantitative estimate of drug-likeness (QED) is 0.591. The van der Waals surface area contributed by atoms with Crippen LogP contribution in [0.2, 0.25) is 0 Å². The Kier molecular flexibility index (Phi) is 3.75. The van der Waals surface area contributed by atoms with Crippen molar-refractivity contribution in [3.05, 3.63) is 60.4 Å². The highest BCUT2D eigenvalue weighted by Crippen LogP contribution is 2.37. The molecule has 4 aromatic rings. The van der Waals surface area contributed by atoms with Crippen LogP contribution >= 0.6 is 0 Å². The van der Waals surface area contributed by atoms with Crippen LogP contribution in [0.15, 0.2) is 54.9 Å². The molecule has 0 aliphatic heterocycles. The molecule has 0 aliphatic carbocycles. The number of hydrogen-bond donors (Lipinski definition) is 2. The maximum atomic E-state index is 9.62. The highest BCUT2D eigenvalue weighted by atomic mass is 16.5. The van der Waals surface area contributed by atoms with Crippen molar-refractivity contribution in [2.75, 3.05) is 12.8 Å². The Labute approximate surface area is 149 Å². The molecule has 4 rings (SSSR count). The second-order valence-corrected chi connectivity index (χ2v) is 5.76. The van der Waals surface area contributed by atoms with Crippen molar-refractivity contribution in [2.45, 2.75) is 0 Å². The lowest BCUT2D eigenvalue weighted by atomic mass is 9.98. The van der Waals surface area contributed by atoms with Gasteiger partial charge < -0.3 is 15.5 Å². The Morgan fingerprint density at radius 3 is 2.69 bits per heavy atom. The first-order valence-corrected chi connectivity index (χ1v) is 7.99. The fourth-order valence-corrected chi connectivity index (χ4v) is 2.97. The highest BCUT2D eigenvalue weighted by molar-refractivity contribution is 5.89. The highest BCUT2D eigenvalue weighted by Gasteiger charge is 2.18. The third-order valence-corrected chi connectivity index (χ3v) is 4.23. The van der Waals surface area contributed by atoms with Crippen LogP contribution < -0.4 is 10.5 Å². The number of ether oxygens (including phenoxy) is 1. The number of nitrogens with two attached hydrogens (primary N) is 1. The number of benzene rings is 1. The monoisotopic (exact) mass is 341 g/mol. The second-order valence-electron chi connectivity index (χ2n) is 5.76. The number of hydrogen-bond acceptors (Lipinski definition) is 5. The zero-order chi connectivity index (χ0) is 18.1. The summed E-state index contributed by atoms with van der Waals surface area (Å²) in [5, 5.41) is 10.6. The Morgan fingerprint density at radius 1 is 1.12 bits per heavy atom. The van der Waals surface area contributed by atoms with Gasteiger partial charge in [0, 0.05) is 34.5 Å². The minimum Gasteiger partial charge on any atom is -0.481 e. The van der Waals surface area contributed by atoms with Crippen LogP contribution in [-0.4, -0.2) is 22.1 Å². The van der Waals surface area contributed by atoms with Gasteiger partial charge in [0.15, 0.2) is 0 Å². The van der Waals surface area contributed by atoms with Crippen molar-refractivity contribution in [2.24, 2.45) is 0 Å². The summed E-state index contributed by atoms with van der Waals surface area (Å²) in [6, 6.07) is 15.6. The summed E-state index contributed by atoms with van der Waals surface area (Å²) in [4.78, 5) is 11.9. The number of aromatic amines is 1. The van der Waals surface area contributed by atoms with E-state index in [1.165, 1.54) is 0 Å². The van der Waals surface area contributed by atoms with Crippen LogP contribution in [0.4, 0.5) is 5.82 Å². The number of nitriles is 1. The molecule has 6 nitrogen and oxygen atoms in total. The largest absolute Gasteiger partial charge is 0.481 e. The van der Waals surface area contributed by atoms with Gasteiger partial charge in [-0.05, 0) is 24.3 Å². The normalized spacial score (nSPS) is 10.6. The molecule has 0 bridgehead atoms. The molecule has 3 aromatic heterocycles. The fourth-order valence-electron chi connectivity index (χ4n) is 2.97. The first kappa shape index (κ1) is 15.7. The molecule has 0 spiro atoms. The smallest absolute Gasteiger partial charge is 0.221 e. The number of nitrogen functional groups attached to an aromatic ring is 1. The van der Waals surface area contributed by atoms with Gasteiger partial charge in [0.1, 0.15) is 17.5 Å². The average Bonchev–Trinajstić information content (AvgIpc) is 3.21. The molecule has 0 amide bonds. The number of para-hydroxylation sites is 1. The summed E-state index contributed by atoms with van der Waals surface area (Å²) in [6.07, 6.45) is 3.64. The fraction of sp³-hybridized carbons (Fsp3) is 0.0500. The van der Waals surface area contributed by atoms with Gasteiger partial charge in [0.2, 0.25) is 5.88 Å². The predicted molar refractivity (Wildman–Crippen MR) is 100 cm³/mol. The van der Waals surface area contributed by atoms with E-state index in [-0.39, 0.29) is 5.82 Å². The third-order valence-electron chi connectivity index (χ3n) is 4.23. The number of H-pyrrole nitrogens is 1. The maximum absolute atomic E-state index is 9.62. The van der Waals surface area contributed by atoms with Gasteiger partial charge in [0.05, 0.1) is 18.3 Å². The predicted octanol–water partition coefficient (Wildman–Crippen LogP) is 3.75. The summed E-state index contributed by atoms with van der Waals surface area (Å²) in [5.41, 5.74) is 10.1. The molecule has 0 atom stereocenters. The standard InChI is InChI=1S/C20H15N5O/c1-26-20-15(8-12-4-2-3-5-17(12)25-20)14-9-18(13-6-7-23-11-13)24-19(22)16(14)10-21/h2-9,11,23H,1H3,(H2,22,24). The minimum atomic E-state index is 0.177. The lowest BCUT2D eigenvalue weighted by Crippen LogP contribution is -2.01. The van der Waals surface area contributed by atoms with Gasteiger partial charge in [0.25, 0.3) is 0 Å². The zero-order valence-electron chi connectivity index (χ0n) is 14.0. The van der Waals surface area contributed by atoms with Crippen LogP contribution in [0.3, 0.4) is 0 Å². The Hall–Kier alpha value is -3.85. The van der Waals surface area contributed by atoms with Crippen LogP contribution in [0.5, 0.6) is 5.88 Å². The summed E-state index contributed by atoms with van der Waals surface area (Å²) >= 11 is 0. The van der Waals surface area contributed by atoms with E-state index < -0.39 is 0 Å². The molecule has 0 saturated heterocycles. The van der Waals surface area contributed by atoms with Crippen LogP contribution in [0, 0.1) is 11.3 Å². The molecule has 0 radical (unpaired) electrons.